The number of ether oxygens (including phenoxy) is 3. The summed E-state index contributed by atoms with van der Waals surface area (Å²) >= 11 is 1.30. The van der Waals surface area contributed by atoms with Crippen LogP contribution < -0.4 is 5.32 Å². The van der Waals surface area contributed by atoms with Gasteiger partial charge in [0.25, 0.3) is 5.91 Å². The van der Waals surface area contributed by atoms with Crippen LogP contribution in [0.3, 0.4) is 0 Å². The van der Waals surface area contributed by atoms with Crippen molar-refractivity contribution in [1.82, 2.24) is 0 Å². The van der Waals surface area contributed by atoms with Crippen molar-refractivity contribution >= 4 is 40.8 Å². The van der Waals surface area contributed by atoms with E-state index in [1.807, 2.05) is 13.8 Å². The van der Waals surface area contributed by atoms with Crippen LogP contribution in [0.5, 0.6) is 0 Å². The van der Waals surface area contributed by atoms with Crippen molar-refractivity contribution in [2.75, 3.05) is 26.1 Å². The summed E-state index contributed by atoms with van der Waals surface area (Å²) in [6.07, 6.45) is 0.795. The minimum absolute atomic E-state index is 0.0426. The number of methoxy groups -OCH3 is 2. The number of carbonyl (C=O) groups excluding carboxylic acids is 4. The Morgan fingerprint density at radius 2 is 1.69 bits per heavy atom. The molecule has 0 bridgehead atoms. The van der Waals surface area contributed by atoms with Crippen LogP contribution >= 0.6 is 11.3 Å². The van der Waals surface area contributed by atoms with E-state index in [-0.39, 0.29) is 16.8 Å². The van der Waals surface area contributed by atoms with E-state index >= 15 is 0 Å². The first kappa shape index (κ1) is 22.1. The molecule has 1 aromatic heterocycles. The molecule has 0 unspecified atom stereocenters. The molecule has 0 spiro atoms. The summed E-state index contributed by atoms with van der Waals surface area (Å²) in [5.74, 6) is -2.61. The van der Waals surface area contributed by atoms with Crippen molar-refractivity contribution in [2.45, 2.75) is 20.3 Å². The number of rotatable bonds is 7. The molecule has 2 rings (SSSR count). The molecule has 0 saturated heterocycles. The number of esters is 3. The molecular formula is C20H21NO7S. The Morgan fingerprint density at radius 3 is 2.28 bits per heavy atom. The zero-order valence-corrected chi connectivity index (χ0v) is 17.3. The predicted octanol–water partition coefficient (Wildman–Crippen LogP) is 2.99. The number of anilines is 1. The molecule has 2 aromatic rings. The molecule has 0 aliphatic heterocycles. The molecule has 0 fully saturated rings. The normalized spacial score (nSPS) is 10.2. The Hall–Kier alpha value is -3.20. The van der Waals surface area contributed by atoms with Gasteiger partial charge in [-0.25, -0.2) is 14.4 Å². The lowest BCUT2D eigenvalue weighted by atomic mass is 10.1. The van der Waals surface area contributed by atoms with Crippen LogP contribution in [0, 0.1) is 6.92 Å². The third-order valence-corrected chi connectivity index (χ3v) is 5.13. The second kappa shape index (κ2) is 9.83. The van der Waals surface area contributed by atoms with E-state index in [2.05, 4.69) is 14.8 Å². The molecule has 0 radical (unpaired) electrons. The van der Waals surface area contributed by atoms with Gasteiger partial charge in [-0.15, -0.1) is 11.3 Å². The van der Waals surface area contributed by atoms with Gasteiger partial charge in [-0.05, 0) is 43.2 Å². The Balaban J connectivity index is 2.11. The largest absolute Gasteiger partial charge is 0.465 e. The highest BCUT2D eigenvalue weighted by atomic mass is 32.1. The first-order valence-electron chi connectivity index (χ1n) is 8.67. The standard InChI is InChI=1S/C20H21NO7S/c1-5-12-9-16(29-11(12)2)20(25)28-10-17(22)21-15-8-13(18(23)26-3)6-7-14(15)19(24)27-4/h6-9H,5,10H2,1-4H3,(H,21,22). The number of aryl methyl sites for hydroxylation is 2. The van der Waals surface area contributed by atoms with Crippen LogP contribution in [-0.2, 0) is 25.4 Å². The van der Waals surface area contributed by atoms with Gasteiger partial charge >= 0.3 is 17.9 Å². The molecule has 1 aromatic carbocycles. The number of thiophene rings is 1. The highest BCUT2D eigenvalue weighted by Gasteiger charge is 2.19. The summed E-state index contributed by atoms with van der Waals surface area (Å²) in [4.78, 5) is 49.4. The van der Waals surface area contributed by atoms with Gasteiger partial charge in [0.2, 0.25) is 0 Å². The molecule has 1 amide bonds. The third-order valence-electron chi connectivity index (χ3n) is 4.06. The lowest BCUT2D eigenvalue weighted by molar-refractivity contribution is -0.119. The quantitative estimate of drug-likeness (QED) is 0.543. The van der Waals surface area contributed by atoms with E-state index in [0.717, 1.165) is 16.9 Å². The van der Waals surface area contributed by atoms with Gasteiger partial charge in [0.1, 0.15) is 4.88 Å². The second-order valence-corrected chi connectivity index (χ2v) is 7.17. The first-order chi connectivity index (χ1) is 13.8. The maximum Gasteiger partial charge on any atom is 0.348 e. The van der Waals surface area contributed by atoms with Crippen LogP contribution in [0.1, 0.15) is 47.8 Å². The van der Waals surface area contributed by atoms with Gasteiger partial charge < -0.3 is 19.5 Å². The lowest BCUT2D eigenvalue weighted by Crippen LogP contribution is -2.22. The summed E-state index contributed by atoms with van der Waals surface area (Å²) in [7, 11) is 2.40. The molecule has 154 valence electrons. The molecule has 0 saturated carbocycles. The van der Waals surface area contributed by atoms with Crippen LogP contribution in [-0.4, -0.2) is 44.6 Å². The monoisotopic (exact) mass is 419 g/mol. The van der Waals surface area contributed by atoms with Gasteiger partial charge in [-0.3, -0.25) is 4.79 Å². The van der Waals surface area contributed by atoms with Crippen LogP contribution in [0.4, 0.5) is 5.69 Å². The van der Waals surface area contributed by atoms with Crippen molar-refractivity contribution in [3.8, 4) is 0 Å². The van der Waals surface area contributed by atoms with Gasteiger partial charge in [-0.2, -0.15) is 0 Å². The fraction of sp³-hybridized carbons (Fsp3) is 0.300. The fourth-order valence-electron chi connectivity index (χ4n) is 2.54. The van der Waals surface area contributed by atoms with Gasteiger partial charge in [0.05, 0.1) is 31.0 Å². The first-order valence-corrected chi connectivity index (χ1v) is 9.49. The highest BCUT2D eigenvalue weighted by Crippen LogP contribution is 2.23. The van der Waals surface area contributed by atoms with E-state index in [4.69, 9.17) is 4.74 Å². The average Bonchev–Trinajstić information content (AvgIpc) is 3.11. The molecular weight excluding hydrogens is 398 g/mol. The summed E-state index contributed by atoms with van der Waals surface area (Å²) in [6, 6.07) is 5.74. The highest BCUT2D eigenvalue weighted by molar-refractivity contribution is 7.14. The van der Waals surface area contributed by atoms with Crippen molar-refractivity contribution < 1.29 is 33.4 Å². The summed E-state index contributed by atoms with van der Waals surface area (Å²) in [5.41, 5.74) is 1.27. The smallest absolute Gasteiger partial charge is 0.348 e. The maximum absolute atomic E-state index is 12.2. The van der Waals surface area contributed by atoms with Gasteiger partial charge in [0.15, 0.2) is 6.61 Å². The van der Waals surface area contributed by atoms with Gasteiger partial charge in [-0.1, -0.05) is 6.92 Å². The van der Waals surface area contributed by atoms with Crippen molar-refractivity contribution in [3.63, 3.8) is 0 Å². The summed E-state index contributed by atoms with van der Waals surface area (Å²) in [6.45, 7) is 3.34. The fourth-order valence-corrected chi connectivity index (χ4v) is 3.55. The zero-order chi connectivity index (χ0) is 21.6. The SMILES string of the molecule is CCc1cc(C(=O)OCC(=O)Nc2cc(C(=O)OC)ccc2C(=O)OC)sc1C. The Morgan fingerprint density at radius 1 is 1.00 bits per heavy atom. The molecule has 1 heterocycles. The number of carbonyl (C=O) groups is 4. The van der Waals surface area contributed by atoms with Crippen molar-refractivity contribution in [1.29, 1.82) is 0 Å². The molecule has 9 heteroatoms. The van der Waals surface area contributed by atoms with E-state index in [9.17, 15) is 19.2 Å². The number of amides is 1. The predicted molar refractivity (Wildman–Crippen MR) is 106 cm³/mol. The summed E-state index contributed by atoms with van der Waals surface area (Å²) < 4.78 is 14.4. The van der Waals surface area contributed by atoms with Crippen molar-refractivity contribution in [2.24, 2.45) is 0 Å². The molecule has 0 atom stereocenters. The molecule has 1 N–H and O–H groups in total. The zero-order valence-electron chi connectivity index (χ0n) is 16.5. The van der Waals surface area contributed by atoms with Crippen LogP contribution in [0.15, 0.2) is 24.3 Å². The third kappa shape index (κ3) is 5.41. The number of hydrogen-bond donors (Lipinski definition) is 1. The Kier molecular flexibility index (Phi) is 7.49. The van der Waals surface area contributed by atoms with E-state index < -0.39 is 30.4 Å². The molecule has 29 heavy (non-hydrogen) atoms. The van der Waals surface area contributed by atoms with Crippen molar-refractivity contribution in [3.05, 3.63) is 50.7 Å². The van der Waals surface area contributed by atoms with Crippen LogP contribution in [0.2, 0.25) is 0 Å². The Labute approximate surface area is 171 Å². The molecule has 0 aliphatic rings. The van der Waals surface area contributed by atoms with Gasteiger partial charge in [0, 0.05) is 4.88 Å². The maximum atomic E-state index is 12.2. The van der Waals surface area contributed by atoms with E-state index in [1.165, 1.54) is 43.8 Å². The molecule has 8 nitrogen and oxygen atoms in total. The second-order valence-electron chi connectivity index (χ2n) is 5.91. The number of benzene rings is 1. The minimum Gasteiger partial charge on any atom is -0.465 e. The topological polar surface area (TPSA) is 108 Å². The average molecular weight is 419 g/mol. The minimum atomic E-state index is -0.699. The van der Waals surface area contributed by atoms with Crippen LogP contribution in [0.25, 0.3) is 0 Å². The van der Waals surface area contributed by atoms with E-state index in [0.29, 0.717) is 4.88 Å². The Bertz CT molecular complexity index is 948. The number of nitrogens with one attached hydrogen (secondary N) is 1. The summed E-state index contributed by atoms with van der Waals surface area (Å²) in [5, 5.41) is 2.46. The number of hydrogen-bond acceptors (Lipinski definition) is 8. The molecule has 0 aliphatic carbocycles. The lowest BCUT2D eigenvalue weighted by Gasteiger charge is -2.11. The van der Waals surface area contributed by atoms with E-state index in [1.54, 1.807) is 6.07 Å².